The Kier molecular flexibility index (Phi) is 6.23. The molecule has 2 heterocycles. The highest BCUT2D eigenvalue weighted by Crippen LogP contribution is 2.19. The van der Waals surface area contributed by atoms with Gasteiger partial charge in [0.15, 0.2) is 0 Å². The minimum absolute atomic E-state index is 0.0882. The molecule has 0 aliphatic carbocycles. The van der Waals surface area contributed by atoms with E-state index in [0.717, 1.165) is 32.0 Å². The van der Waals surface area contributed by atoms with Gasteiger partial charge >= 0.3 is 0 Å². The van der Waals surface area contributed by atoms with E-state index in [-0.39, 0.29) is 22.9 Å². The molecule has 1 aliphatic heterocycles. The molecule has 0 amide bonds. The van der Waals surface area contributed by atoms with Crippen LogP contribution in [0, 0.1) is 11.6 Å². The number of pyridine rings is 1. The summed E-state index contributed by atoms with van der Waals surface area (Å²) in [4.78, 5) is 20.4. The molecule has 2 aromatic carbocycles. The quantitative estimate of drug-likeness (QED) is 0.461. The summed E-state index contributed by atoms with van der Waals surface area (Å²) in [6.07, 6.45) is 3.12. The van der Waals surface area contributed by atoms with Crippen LogP contribution in [0.15, 0.2) is 76.8 Å². The van der Waals surface area contributed by atoms with Crippen molar-refractivity contribution >= 4 is 5.71 Å². The molecule has 1 aromatic heterocycles. The maximum atomic E-state index is 14.7. The standard InChI is InChI=1S/C24H23F2N3O2/c1-28-13-11-20(12-14-28)31-27-24(21-9-8-18(25)15-22(21)26)17-7-10-23(30)29(16-17)19-5-3-2-4-6-19/h2-10,15-16,20H,11-14H2,1H3/b27-24+. The summed E-state index contributed by atoms with van der Waals surface area (Å²) in [5.41, 5.74) is 1.24. The monoisotopic (exact) mass is 423 g/mol. The Bertz CT molecular complexity index is 1140. The Labute approximate surface area is 179 Å². The predicted octanol–water partition coefficient (Wildman–Crippen LogP) is 3.98. The van der Waals surface area contributed by atoms with Crippen LogP contribution in [0.2, 0.25) is 0 Å². The maximum absolute atomic E-state index is 14.7. The van der Waals surface area contributed by atoms with Crippen LogP contribution < -0.4 is 5.56 Å². The molecule has 7 heteroatoms. The van der Waals surface area contributed by atoms with Crippen molar-refractivity contribution in [3.63, 3.8) is 0 Å². The predicted molar refractivity (Wildman–Crippen MR) is 116 cm³/mol. The third kappa shape index (κ3) is 4.88. The number of likely N-dealkylation sites (tertiary alicyclic amines) is 1. The summed E-state index contributed by atoms with van der Waals surface area (Å²) in [7, 11) is 2.05. The maximum Gasteiger partial charge on any atom is 0.255 e. The first-order valence-corrected chi connectivity index (χ1v) is 10.2. The van der Waals surface area contributed by atoms with Gasteiger partial charge < -0.3 is 9.74 Å². The van der Waals surface area contributed by atoms with Crippen molar-refractivity contribution in [3.05, 3.63) is 100.0 Å². The molecule has 0 N–H and O–H groups in total. The van der Waals surface area contributed by atoms with Crippen molar-refractivity contribution in [2.75, 3.05) is 20.1 Å². The molecular formula is C24H23F2N3O2. The van der Waals surface area contributed by atoms with Crippen molar-refractivity contribution in [1.29, 1.82) is 0 Å². The summed E-state index contributed by atoms with van der Waals surface area (Å²) in [6.45, 7) is 1.78. The van der Waals surface area contributed by atoms with Gasteiger partial charge in [-0.1, -0.05) is 23.4 Å². The number of nitrogens with zero attached hydrogens (tertiary/aromatic N) is 3. The fourth-order valence-corrected chi connectivity index (χ4v) is 3.57. The van der Waals surface area contributed by atoms with Gasteiger partial charge in [0, 0.05) is 48.2 Å². The van der Waals surface area contributed by atoms with Crippen LogP contribution in [-0.2, 0) is 4.84 Å². The lowest BCUT2D eigenvalue weighted by atomic mass is 10.0. The van der Waals surface area contributed by atoms with E-state index >= 15 is 0 Å². The molecule has 0 atom stereocenters. The lowest BCUT2D eigenvalue weighted by Gasteiger charge is -2.27. The molecule has 1 fully saturated rings. The van der Waals surface area contributed by atoms with Crippen LogP contribution in [-0.4, -0.2) is 41.4 Å². The topological polar surface area (TPSA) is 46.8 Å². The van der Waals surface area contributed by atoms with Gasteiger partial charge in [0.25, 0.3) is 5.56 Å². The molecule has 3 aromatic rings. The number of para-hydroxylation sites is 1. The van der Waals surface area contributed by atoms with Gasteiger partial charge in [-0.2, -0.15) is 0 Å². The summed E-state index contributed by atoms with van der Waals surface area (Å²) < 4.78 is 29.6. The van der Waals surface area contributed by atoms with E-state index in [4.69, 9.17) is 4.84 Å². The van der Waals surface area contributed by atoms with Crippen molar-refractivity contribution in [3.8, 4) is 5.69 Å². The molecule has 5 nitrogen and oxygen atoms in total. The first-order valence-electron chi connectivity index (χ1n) is 10.2. The summed E-state index contributed by atoms with van der Waals surface area (Å²) in [5, 5.41) is 4.29. The lowest BCUT2D eigenvalue weighted by Crippen LogP contribution is -2.33. The van der Waals surface area contributed by atoms with E-state index in [2.05, 4.69) is 10.1 Å². The fourth-order valence-electron chi connectivity index (χ4n) is 3.57. The Morgan fingerprint density at radius 2 is 1.77 bits per heavy atom. The molecule has 0 bridgehead atoms. The molecular weight excluding hydrogens is 400 g/mol. The van der Waals surface area contributed by atoms with E-state index in [1.165, 1.54) is 22.8 Å². The largest absolute Gasteiger partial charge is 0.392 e. The zero-order valence-corrected chi connectivity index (χ0v) is 17.2. The second-order valence-corrected chi connectivity index (χ2v) is 7.63. The van der Waals surface area contributed by atoms with E-state index in [0.29, 0.717) is 11.3 Å². The number of aromatic nitrogens is 1. The molecule has 0 radical (unpaired) electrons. The highest BCUT2D eigenvalue weighted by Gasteiger charge is 2.20. The van der Waals surface area contributed by atoms with E-state index in [1.807, 2.05) is 25.2 Å². The number of oxime groups is 1. The van der Waals surface area contributed by atoms with E-state index in [9.17, 15) is 13.6 Å². The summed E-state index contributed by atoms with van der Waals surface area (Å²) in [6, 6.07) is 15.4. The van der Waals surface area contributed by atoms with E-state index < -0.39 is 11.6 Å². The van der Waals surface area contributed by atoms with E-state index in [1.54, 1.807) is 24.4 Å². The zero-order valence-electron chi connectivity index (χ0n) is 17.2. The third-order valence-electron chi connectivity index (χ3n) is 5.36. The number of benzene rings is 2. The summed E-state index contributed by atoms with van der Waals surface area (Å²) in [5.74, 6) is -1.42. The summed E-state index contributed by atoms with van der Waals surface area (Å²) >= 11 is 0. The van der Waals surface area contributed by atoms with Gasteiger partial charge in [0.1, 0.15) is 23.5 Å². The Morgan fingerprint density at radius 3 is 2.48 bits per heavy atom. The van der Waals surface area contributed by atoms with Crippen LogP contribution >= 0.6 is 0 Å². The first-order chi connectivity index (χ1) is 15.0. The number of halogens is 2. The number of rotatable bonds is 5. The Morgan fingerprint density at radius 1 is 1.03 bits per heavy atom. The molecule has 1 saturated heterocycles. The second-order valence-electron chi connectivity index (χ2n) is 7.63. The van der Waals surface area contributed by atoms with Crippen LogP contribution in [0.3, 0.4) is 0 Å². The molecule has 31 heavy (non-hydrogen) atoms. The highest BCUT2D eigenvalue weighted by molar-refractivity contribution is 6.12. The van der Waals surface area contributed by atoms with Gasteiger partial charge in [0.2, 0.25) is 0 Å². The number of piperidine rings is 1. The van der Waals surface area contributed by atoms with Crippen LogP contribution in [0.5, 0.6) is 0 Å². The van der Waals surface area contributed by atoms with Gasteiger partial charge in [-0.05, 0) is 50.2 Å². The fraction of sp³-hybridized carbons (Fsp3) is 0.250. The van der Waals surface area contributed by atoms with Crippen LogP contribution in [0.4, 0.5) is 8.78 Å². The first kappa shape index (κ1) is 20.9. The molecule has 0 saturated carbocycles. The van der Waals surface area contributed by atoms with Crippen LogP contribution in [0.25, 0.3) is 5.69 Å². The van der Waals surface area contributed by atoms with Crippen molar-refractivity contribution in [2.45, 2.75) is 18.9 Å². The molecule has 1 aliphatic rings. The normalized spacial score (nSPS) is 15.8. The third-order valence-corrected chi connectivity index (χ3v) is 5.36. The van der Waals surface area contributed by atoms with Gasteiger partial charge in [0.05, 0.1) is 0 Å². The van der Waals surface area contributed by atoms with Gasteiger partial charge in [-0.25, -0.2) is 8.78 Å². The Hall–Kier alpha value is -3.32. The molecule has 0 spiro atoms. The zero-order chi connectivity index (χ0) is 21.8. The molecule has 160 valence electrons. The van der Waals surface area contributed by atoms with Crippen molar-refractivity contribution in [1.82, 2.24) is 9.47 Å². The highest BCUT2D eigenvalue weighted by atomic mass is 19.1. The SMILES string of the molecule is CN1CCC(O/N=C(\c2ccc(=O)n(-c3ccccc3)c2)c2ccc(F)cc2F)CC1. The van der Waals surface area contributed by atoms with Gasteiger partial charge in [-0.3, -0.25) is 9.36 Å². The van der Waals surface area contributed by atoms with Crippen molar-refractivity contribution in [2.24, 2.45) is 5.16 Å². The minimum atomic E-state index is -0.747. The lowest BCUT2D eigenvalue weighted by molar-refractivity contribution is 0.0163. The molecule has 0 unspecified atom stereocenters. The Balaban J connectivity index is 1.75. The minimum Gasteiger partial charge on any atom is -0.392 e. The smallest absolute Gasteiger partial charge is 0.255 e. The number of hydrogen-bond donors (Lipinski definition) is 0. The van der Waals surface area contributed by atoms with Crippen molar-refractivity contribution < 1.29 is 13.6 Å². The number of hydrogen-bond acceptors (Lipinski definition) is 4. The molecule has 4 rings (SSSR count). The average molecular weight is 423 g/mol. The van der Waals surface area contributed by atoms with Gasteiger partial charge in [-0.15, -0.1) is 0 Å². The average Bonchev–Trinajstić information content (AvgIpc) is 2.78. The second kappa shape index (κ2) is 9.22. The van der Waals surface area contributed by atoms with Crippen LogP contribution in [0.1, 0.15) is 24.0 Å².